The zero-order chi connectivity index (χ0) is 17.9. The number of ether oxygens (including phenoxy) is 2. The number of primary amides is 1. The number of carbonyl (C=O) groups is 3. The smallest absolute Gasteiger partial charge is 0.352 e. The van der Waals surface area contributed by atoms with Crippen molar-refractivity contribution >= 4 is 23.7 Å². The van der Waals surface area contributed by atoms with E-state index in [1.807, 2.05) is 19.1 Å². The molecular formula is C15H18N4O5. The average Bonchev–Trinajstić information content (AvgIpc) is 2.44. The summed E-state index contributed by atoms with van der Waals surface area (Å²) < 4.78 is 10.1. The number of cyclic esters (lactones) is 2. The lowest BCUT2D eigenvalue weighted by Crippen LogP contribution is -2.47. The van der Waals surface area contributed by atoms with Gasteiger partial charge in [0.25, 0.3) is 5.79 Å². The molecule has 0 aromatic heterocycles. The molecule has 0 bridgehead atoms. The zero-order valence-electron chi connectivity index (χ0n) is 13.4. The second-order valence-electron chi connectivity index (χ2n) is 5.53. The molecule has 5 N–H and O–H groups in total. The number of rotatable bonds is 4. The van der Waals surface area contributed by atoms with Gasteiger partial charge in [0, 0.05) is 19.5 Å². The molecule has 9 nitrogen and oxygen atoms in total. The first-order valence-electron chi connectivity index (χ1n) is 7.04. The summed E-state index contributed by atoms with van der Waals surface area (Å²) in [6.45, 7) is 4.78. The van der Waals surface area contributed by atoms with E-state index in [0.29, 0.717) is 5.69 Å². The second-order valence-corrected chi connectivity index (χ2v) is 5.53. The van der Waals surface area contributed by atoms with Crippen LogP contribution in [0.4, 0.5) is 10.5 Å². The SMILES string of the molecule is Cc1ccc(NC(NNC(N)=O)=C2C(=O)OC(C)(C)OC2=O)cc1. The largest absolute Gasteiger partial charge is 0.419 e. The van der Waals surface area contributed by atoms with Gasteiger partial charge in [-0.1, -0.05) is 17.7 Å². The van der Waals surface area contributed by atoms with Crippen molar-refractivity contribution in [2.75, 3.05) is 5.32 Å². The van der Waals surface area contributed by atoms with Crippen molar-refractivity contribution in [3.05, 3.63) is 41.2 Å². The lowest BCUT2D eigenvalue weighted by molar-refractivity contribution is -0.222. The summed E-state index contributed by atoms with van der Waals surface area (Å²) >= 11 is 0. The number of nitrogens with two attached hydrogens (primary N) is 1. The maximum Gasteiger partial charge on any atom is 0.352 e. The number of hydrogen-bond acceptors (Lipinski definition) is 7. The minimum atomic E-state index is -1.37. The third kappa shape index (κ3) is 4.15. The Hall–Kier alpha value is -3.23. The number of urea groups is 1. The van der Waals surface area contributed by atoms with E-state index >= 15 is 0 Å². The number of esters is 2. The molecule has 1 heterocycles. The molecule has 24 heavy (non-hydrogen) atoms. The second kappa shape index (κ2) is 6.49. The predicted octanol–water partition coefficient (Wildman–Crippen LogP) is 0.628. The molecular weight excluding hydrogens is 316 g/mol. The number of amides is 2. The van der Waals surface area contributed by atoms with Crippen LogP contribution < -0.4 is 21.9 Å². The van der Waals surface area contributed by atoms with Crippen molar-refractivity contribution in [1.29, 1.82) is 0 Å². The highest BCUT2D eigenvalue weighted by Gasteiger charge is 2.41. The van der Waals surface area contributed by atoms with E-state index in [9.17, 15) is 14.4 Å². The summed E-state index contributed by atoms with van der Waals surface area (Å²) in [6, 6.07) is 6.20. The van der Waals surface area contributed by atoms with E-state index in [-0.39, 0.29) is 5.82 Å². The molecule has 1 aliphatic rings. The van der Waals surface area contributed by atoms with Crippen molar-refractivity contribution in [3.8, 4) is 0 Å². The van der Waals surface area contributed by atoms with Gasteiger partial charge in [-0.3, -0.25) is 10.9 Å². The molecule has 0 saturated carbocycles. The van der Waals surface area contributed by atoms with Crippen molar-refractivity contribution in [2.45, 2.75) is 26.6 Å². The minimum absolute atomic E-state index is 0.122. The Kier molecular flexibility index (Phi) is 4.63. The fourth-order valence-corrected chi connectivity index (χ4v) is 1.92. The number of aryl methyl sites for hydroxylation is 1. The lowest BCUT2D eigenvalue weighted by Gasteiger charge is -2.31. The minimum Gasteiger partial charge on any atom is -0.419 e. The lowest BCUT2D eigenvalue weighted by atomic mass is 10.2. The number of anilines is 1. The Morgan fingerprint density at radius 1 is 1.04 bits per heavy atom. The van der Waals surface area contributed by atoms with Crippen LogP contribution >= 0.6 is 0 Å². The van der Waals surface area contributed by atoms with Crippen LogP contribution in [0.25, 0.3) is 0 Å². The molecule has 0 radical (unpaired) electrons. The maximum atomic E-state index is 12.1. The molecule has 128 valence electrons. The summed E-state index contributed by atoms with van der Waals surface area (Å²) in [4.78, 5) is 35.2. The first kappa shape index (κ1) is 17.1. The molecule has 0 aliphatic carbocycles. The zero-order valence-corrected chi connectivity index (χ0v) is 13.4. The van der Waals surface area contributed by atoms with Crippen LogP contribution in [0.5, 0.6) is 0 Å². The van der Waals surface area contributed by atoms with Crippen molar-refractivity contribution in [1.82, 2.24) is 10.9 Å². The van der Waals surface area contributed by atoms with Crippen LogP contribution in [-0.4, -0.2) is 23.8 Å². The Morgan fingerprint density at radius 2 is 1.58 bits per heavy atom. The number of carbonyl (C=O) groups excluding carboxylic acids is 3. The first-order chi connectivity index (χ1) is 11.2. The molecule has 2 rings (SSSR count). The van der Waals surface area contributed by atoms with Gasteiger partial charge < -0.3 is 20.5 Å². The Morgan fingerprint density at radius 3 is 2.08 bits per heavy atom. The highest BCUT2D eigenvalue weighted by atomic mass is 16.7. The number of hydrazine groups is 1. The Balaban J connectivity index is 2.36. The van der Waals surface area contributed by atoms with Crippen LogP contribution in [-0.2, 0) is 19.1 Å². The Labute approximate surface area is 138 Å². The molecule has 1 saturated heterocycles. The standard InChI is InChI=1S/C15H18N4O5/c1-8-4-6-9(7-5-8)17-11(18-19-14(16)22)10-12(20)23-15(2,3)24-13(10)21/h4-7,17-18H,1-3H3,(H3,16,19,22). The van der Waals surface area contributed by atoms with Gasteiger partial charge in [0.2, 0.25) is 0 Å². The molecule has 0 atom stereocenters. The predicted molar refractivity (Wildman–Crippen MR) is 83.9 cm³/mol. The van der Waals surface area contributed by atoms with Crippen molar-refractivity contribution in [3.63, 3.8) is 0 Å². The fraction of sp³-hybridized carbons (Fsp3) is 0.267. The van der Waals surface area contributed by atoms with Crippen LogP contribution in [0.3, 0.4) is 0 Å². The van der Waals surface area contributed by atoms with Crippen LogP contribution in [0.2, 0.25) is 0 Å². The van der Waals surface area contributed by atoms with Crippen molar-refractivity contribution in [2.24, 2.45) is 5.73 Å². The van der Waals surface area contributed by atoms with E-state index in [2.05, 4.69) is 16.2 Å². The van der Waals surface area contributed by atoms with Gasteiger partial charge in [-0.15, -0.1) is 0 Å². The summed E-state index contributed by atoms with van der Waals surface area (Å²) in [5.41, 5.74) is 10.6. The van der Waals surface area contributed by atoms with Crippen LogP contribution in [0, 0.1) is 6.92 Å². The fourth-order valence-electron chi connectivity index (χ4n) is 1.92. The van der Waals surface area contributed by atoms with Gasteiger partial charge in [-0.2, -0.15) is 0 Å². The van der Waals surface area contributed by atoms with E-state index in [0.717, 1.165) is 5.56 Å². The van der Waals surface area contributed by atoms with E-state index in [1.54, 1.807) is 12.1 Å². The summed E-state index contributed by atoms with van der Waals surface area (Å²) in [5, 5.41) is 2.82. The quantitative estimate of drug-likeness (QED) is 0.275. The van der Waals surface area contributed by atoms with Gasteiger partial charge in [0.05, 0.1) is 0 Å². The number of nitrogens with one attached hydrogen (secondary N) is 3. The monoisotopic (exact) mass is 334 g/mol. The molecule has 1 aliphatic heterocycles. The highest BCUT2D eigenvalue weighted by molar-refractivity contribution is 6.16. The molecule has 9 heteroatoms. The van der Waals surface area contributed by atoms with E-state index in [4.69, 9.17) is 15.2 Å². The maximum absolute atomic E-state index is 12.1. The van der Waals surface area contributed by atoms with Gasteiger partial charge >= 0.3 is 18.0 Å². The highest BCUT2D eigenvalue weighted by Crippen LogP contribution is 2.24. The topological polar surface area (TPSA) is 132 Å². The molecule has 2 amide bonds. The van der Waals surface area contributed by atoms with Crippen LogP contribution in [0.1, 0.15) is 19.4 Å². The molecule has 1 fully saturated rings. The summed E-state index contributed by atoms with van der Waals surface area (Å²) in [6.07, 6.45) is 0. The van der Waals surface area contributed by atoms with Gasteiger partial charge in [0.1, 0.15) is 5.82 Å². The molecule has 0 spiro atoms. The summed E-state index contributed by atoms with van der Waals surface area (Å²) in [5.74, 6) is -3.29. The van der Waals surface area contributed by atoms with Gasteiger partial charge in [-0.25, -0.2) is 14.4 Å². The Bertz CT molecular complexity index is 687. The normalized spacial score (nSPS) is 15.9. The third-order valence-electron chi connectivity index (χ3n) is 2.97. The van der Waals surface area contributed by atoms with Crippen LogP contribution in [0.15, 0.2) is 35.7 Å². The van der Waals surface area contributed by atoms with E-state index < -0.39 is 29.3 Å². The van der Waals surface area contributed by atoms with Gasteiger partial charge in [0.15, 0.2) is 5.57 Å². The average molecular weight is 334 g/mol. The van der Waals surface area contributed by atoms with E-state index in [1.165, 1.54) is 13.8 Å². The van der Waals surface area contributed by atoms with Gasteiger partial charge in [-0.05, 0) is 19.1 Å². The molecule has 1 aromatic rings. The number of benzene rings is 1. The number of hydrogen-bond donors (Lipinski definition) is 4. The summed E-state index contributed by atoms with van der Waals surface area (Å²) in [7, 11) is 0. The molecule has 1 aromatic carbocycles. The van der Waals surface area contributed by atoms with Crippen molar-refractivity contribution < 1.29 is 23.9 Å². The molecule has 0 unspecified atom stereocenters. The third-order valence-corrected chi connectivity index (χ3v) is 2.97. The first-order valence-corrected chi connectivity index (χ1v) is 7.04.